The van der Waals surface area contributed by atoms with Crippen LogP contribution in [0.4, 0.5) is 0 Å². The molecule has 104 valence electrons. The van der Waals surface area contributed by atoms with Crippen LogP contribution in [0.25, 0.3) is 0 Å². The Morgan fingerprint density at radius 3 is 1.35 bits per heavy atom. The second-order valence-electron chi connectivity index (χ2n) is 4.00. The summed E-state index contributed by atoms with van der Waals surface area (Å²) in [5.74, 6) is -0.211. The third-order valence-electron chi connectivity index (χ3n) is 2.35. The molecule has 0 heterocycles. The van der Waals surface area contributed by atoms with Crippen molar-refractivity contribution in [1.29, 1.82) is 0 Å². The van der Waals surface area contributed by atoms with Crippen LogP contribution >= 0.6 is 0 Å². The number of hydrogen-bond acceptors (Lipinski definition) is 3. The van der Waals surface area contributed by atoms with E-state index in [1.165, 1.54) is 45.4 Å². The Morgan fingerprint density at radius 2 is 1.29 bits per heavy atom. The van der Waals surface area contributed by atoms with Crippen LogP contribution in [0.15, 0.2) is 0 Å². The molecular weight excluding hydrogens is 214 g/mol. The van der Waals surface area contributed by atoms with E-state index in [1.54, 1.807) is 6.92 Å². The van der Waals surface area contributed by atoms with Crippen LogP contribution < -0.4 is 5.32 Å². The first kappa shape index (κ1) is 18.8. The highest BCUT2D eigenvalue weighted by atomic mass is 16.5. The number of carbonyl (C=O) groups is 1. The molecule has 0 spiro atoms. The van der Waals surface area contributed by atoms with E-state index in [2.05, 4.69) is 23.9 Å². The SMILES string of the molecule is C1CCCCC1.CCNCC.CCOC(C)=O. The Hall–Kier alpha value is -0.570. The van der Waals surface area contributed by atoms with Crippen LogP contribution in [-0.4, -0.2) is 25.7 Å². The first-order chi connectivity index (χ1) is 8.18. The Labute approximate surface area is 107 Å². The number of carbonyl (C=O) groups excluding carboxylic acids is 1. The van der Waals surface area contributed by atoms with E-state index in [1.807, 2.05) is 0 Å². The van der Waals surface area contributed by atoms with Crippen molar-refractivity contribution in [3.8, 4) is 0 Å². The van der Waals surface area contributed by atoms with Crippen molar-refractivity contribution in [2.24, 2.45) is 0 Å². The molecule has 17 heavy (non-hydrogen) atoms. The summed E-state index contributed by atoms with van der Waals surface area (Å²) in [7, 11) is 0. The zero-order chi connectivity index (χ0) is 13.4. The van der Waals surface area contributed by atoms with Gasteiger partial charge in [0, 0.05) is 6.92 Å². The van der Waals surface area contributed by atoms with Crippen LogP contribution in [0.1, 0.15) is 66.2 Å². The molecule has 0 saturated heterocycles. The lowest BCUT2D eigenvalue weighted by Gasteiger charge is -2.05. The highest BCUT2D eigenvalue weighted by molar-refractivity contribution is 5.65. The normalized spacial score (nSPS) is 13.6. The van der Waals surface area contributed by atoms with Crippen molar-refractivity contribution >= 4 is 5.97 Å². The molecule has 3 heteroatoms. The highest BCUT2D eigenvalue weighted by Gasteiger charge is 1.95. The van der Waals surface area contributed by atoms with E-state index in [9.17, 15) is 4.79 Å². The Kier molecular flexibility index (Phi) is 19.7. The minimum Gasteiger partial charge on any atom is -0.466 e. The van der Waals surface area contributed by atoms with Crippen molar-refractivity contribution in [2.45, 2.75) is 66.2 Å². The molecule has 1 fully saturated rings. The predicted molar refractivity (Wildman–Crippen MR) is 74.2 cm³/mol. The second kappa shape index (κ2) is 17.8. The fourth-order valence-corrected chi connectivity index (χ4v) is 1.51. The summed E-state index contributed by atoms with van der Waals surface area (Å²) < 4.78 is 4.40. The van der Waals surface area contributed by atoms with Crippen molar-refractivity contribution in [1.82, 2.24) is 5.32 Å². The van der Waals surface area contributed by atoms with E-state index in [-0.39, 0.29) is 5.97 Å². The quantitative estimate of drug-likeness (QED) is 0.773. The molecule has 1 saturated carbocycles. The number of nitrogens with one attached hydrogen (secondary N) is 1. The van der Waals surface area contributed by atoms with E-state index < -0.39 is 0 Å². The average Bonchev–Trinajstić information content (AvgIpc) is 2.34. The number of ether oxygens (including phenoxy) is 1. The van der Waals surface area contributed by atoms with E-state index >= 15 is 0 Å². The molecule has 1 N–H and O–H groups in total. The lowest BCUT2D eigenvalue weighted by molar-refractivity contribution is -0.140. The van der Waals surface area contributed by atoms with Gasteiger partial charge in [-0.05, 0) is 20.0 Å². The predicted octanol–water partition coefficient (Wildman–Crippen LogP) is 3.53. The van der Waals surface area contributed by atoms with Crippen LogP contribution in [0, 0.1) is 0 Å². The molecular formula is C14H31NO2. The minimum atomic E-state index is -0.211. The van der Waals surface area contributed by atoms with Crippen LogP contribution in [-0.2, 0) is 9.53 Å². The maximum Gasteiger partial charge on any atom is 0.302 e. The molecule has 0 aliphatic heterocycles. The van der Waals surface area contributed by atoms with Gasteiger partial charge in [-0.3, -0.25) is 4.79 Å². The summed E-state index contributed by atoms with van der Waals surface area (Å²) in [6.07, 6.45) is 9.00. The largest absolute Gasteiger partial charge is 0.466 e. The summed E-state index contributed by atoms with van der Waals surface area (Å²) in [4.78, 5) is 9.82. The molecule has 0 atom stereocenters. The van der Waals surface area contributed by atoms with Crippen LogP contribution in [0.3, 0.4) is 0 Å². The smallest absolute Gasteiger partial charge is 0.302 e. The maximum atomic E-state index is 9.82. The Bertz CT molecular complexity index is 132. The van der Waals surface area contributed by atoms with Gasteiger partial charge in [0.1, 0.15) is 0 Å². The molecule has 1 aliphatic carbocycles. The van der Waals surface area contributed by atoms with Gasteiger partial charge in [0.25, 0.3) is 0 Å². The van der Waals surface area contributed by atoms with Crippen LogP contribution in [0.5, 0.6) is 0 Å². The fourth-order valence-electron chi connectivity index (χ4n) is 1.51. The van der Waals surface area contributed by atoms with Gasteiger partial charge in [-0.1, -0.05) is 52.4 Å². The molecule has 0 aromatic carbocycles. The first-order valence-corrected chi connectivity index (χ1v) is 7.03. The molecule has 0 aromatic rings. The van der Waals surface area contributed by atoms with Gasteiger partial charge in [0.2, 0.25) is 0 Å². The first-order valence-electron chi connectivity index (χ1n) is 7.03. The van der Waals surface area contributed by atoms with Gasteiger partial charge in [-0.2, -0.15) is 0 Å². The van der Waals surface area contributed by atoms with E-state index in [0.717, 1.165) is 13.1 Å². The fraction of sp³-hybridized carbons (Fsp3) is 0.929. The molecule has 0 unspecified atom stereocenters. The number of hydrogen-bond donors (Lipinski definition) is 1. The monoisotopic (exact) mass is 245 g/mol. The lowest BCUT2D eigenvalue weighted by atomic mass is 10.0. The average molecular weight is 245 g/mol. The third-order valence-corrected chi connectivity index (χ3v) is 2.35. The molecule has 1 aliphatic rings. The topological polar surface area (TPSA) is 38.3 Å². The van der Waals surface area contributed by atoms with Crippen molar-refractivity contribution in [3.63, 3.8) is 0 Å². The van der Waals surface area contributed by atoms with Crippen molar-refractivity contribution < 1.29 is 9.53 Å². The summed E-state index contributed by atoms with van der Waals surface area (Å²) >= 11 is 0. The van der Waals surface area contributed by atoms with Crippen LogP contribution in [0.2, 0.25) is 0 Å². The Morgan fingerprint density at radius 1 is 0.941 bits per heavy atom. The maximum absolute atomic E-state index is 9.82. The second-order valence-corrected chi connectivity index (χ2v) is 4.00. The standard InChI is InChI=1S/C6H12.C4H11N.C4H8O2/c1-2-4-6-5-3-1;1-3-5-4-2;1-3-6-4(2)5/h1-6H2;5H,3-4H2,1-2H3;3H2,1-2H3. The van der Waals surface area contributed by atoms with E-state index in [0.29, 0.717) is 6.61 Å². The highest BCUT2D eigenvalue weighted by Crippen LogP contribution is 2.15. The summed E-state index contributed by atoms with van der Waals surface area (Å²) in [6, 6.07) is 0. The van der Waals surface area contributed by atoms with Gasteiger partial charge >= 0.3 is 5.97 Å². The van der Waals surface area contributed by atoms with Gasteiger partial charge in [-0.25, -0.2) is 0 Å². The molecule has 0 aromatic heterocycles. The number of esters is 1. The summed E-state index contributed by atoms with van der Waals surface area (Å²) in [6.45, 7) is 10.0. The molecule has 3 nitrogen and oxygen atoms in total. The molecule has 1 rings (SSSR count). The Balaban J connectivity index is 0. The lowest BCUT2D eigenvalue weighted by Crippen LogP contribution is -2.09. The summed E-state index contributed by atoms with van der Waals surface area (Å²) in [5, 5.41) is 3.11. The van der Waals surface area contributed by atoms with Gasteiger partial charge in [-0.15, -0.1) is 0 Å². The molecule has 0 amide bonds. The number of rotatable bonds is 3. The summed E-state index contributed by atoms with van der Waals surface area (Å²) in [5.41, 5.74) is 0. The zero-order valence-corrected chi connectivity index (χ0v) is 12.2. The third kappa shape index (κ3) is 25.6. The van der Waals surface area contributed by atoms with Crippen molar-refractivity contribution in [2.75, 3.05) is 19.7 Å². The van der Waals surface area contributed by atoms with E-state index in [4.69, 9.17) is 0 Å². The van der Waals surface area contributed by atoms with Gasteiger partial charge in [0.15, 0.2) is 0 Å². The minimum absolute atomic E-state index is 0.211. The zero-order valence-electron chi connectivity index (χ0n) is 12.2. The van der Waals surface area contributed by atoms with Gasteiger partial charge < -0.3 is 10.1 Å². The molecule has 0 radical (unpaired) electrons. The van der Waals surface area contributed by atoms with Crippen molar-refractivity contribution in [3.05, 3.63) is 0 Å². The van der Waals surface area contributed by atoms with Gasteiger partial charge in [0.05, 0.1) is 6.61 Å². The molecule has 0 bridgehead atoms.